The summed E-state index contributed by atoms with van der Waals surface area (Å²) in [6.07, 6.45) is 0. The van der Waals surface area contributed by atoms with Crippen LogP contribution < -0.4 is 5.32 Å². The van der Waals surface area contributed by atoms with Gasteiger partial charge in [-0.05, 0) is 13.8 Å². The van der Waals surface area contributed by atoms with Gasteiger partial charge in [0.1, 0.15) is 0 Å². The van der Waals surface area contributed by atoms with E-state index in [1.165, 1.54) is 0 Å². The van der Waals surface area contributed by atoms with Crippen molar-refractivity contribution in [2.45, 2.75) is 13.8 Å². The number of urea groups is 1. The first-order chi connectivity index (χ1) is 4.57. The van der Waals surface area contributed by atoms with Crippen molar-refractivity contribution < 1.29 is 4.79 Å². The van der Waals surface area contributed by atoms with Crippen LogP contribution in [0.15, 0.2) is 12.3 Å². The van der Waals surface area contributed by atoms with E-state index in [9.17, 15) is 4.79 Å². The van der Waals surface area contributed by atoms with Crippen molar-refractivity contribution in [2.24, 2.45) is 0 Å². The Labute approximate surface area is 61.7 Å². The number of allylic oxidation sites excluding steroid dienone is 1. The number of carbonyl (C=O) groups is 1. The number of hydrogen-bond acceptors (Lipinski definition) is 1. The number of nitrogens with one attached hydrogen (secondary N) is 1. The van der Waals surface area contributed by atoms with Crippen LogP contribution in [0.3, 0.4) is 0 Å². The topological polar surface area (TPSA) is 32.3 Å². The van der Waals surface area contributed by atoms with E-state index in [-0.39, 0.29) is 6.03 Å². The first kappa shape index (κ1) is 9.01. The van der Waals surface area contributed by atoms with E-state index in [4.69, 9.17) is 0 Å². The van der Waals surface area contributed by atoms with Crippen LogP contribution in [0.2, 0.25) is 0 Å². The second-order valence-corrected chi connectivity index (χ2v) is 2.22. The second kappa shape index (κ2) is 3.93. The molecule has 0 saturated heterocycles. The molecular formula is C7H14N2O. The minimum atomic E-state index is -0.102. The first-order valence-corrected chi connectivity index (χ1v) is 3.25. The highest BCUT2D eigenvalue weighted by atomic mass is 16.2. The quantitative estimate of drug-likeness (QED) is 0.617. The Hall–Kier alpha value is -0.990. The van der Waals surface area contributed by atoms with Gasteiger partial charge in [-0.2, -0.15) is 0 Å². The van der Waals surface area contributed by atoms with E-state index in [0.717, 1.165) is 0 Å². The standard InChI is InChI=1S/C7H14N2O/c1-5-9(4)7(10)8-6(2)3/h2,5H2,1,3-4H3,(H,8,10). The normalized spacial score (nSPS) is 8.70. The van der Waals surface area contributed by atoms with Gasteiger partial charge in [0, 0.05) is 19.3 Å². The molecule has 0 aromatic heterocycles. The summed E-state index contributed by atoms with van der Waals surface area (Å²) in [5.74, 6) is 0. The fraction of sp³-hybridized carbons (Fsp3) is 0.571. The van der Waals surface area contributed by atoms with Gasteiger partial charge in [-0.15, -0.1) is 0 Å². The number of carbonyl (C=O) groups excluding carboxylic acids is 1. The summed E-state index contributed by atoms with van der Waals surface area (Å²) < 4.78 is 0. The zero-order valence-corrected chi connectivity index (χ0v) is 6.77. The number of hydrogen-bond donors (Lipinski definition) is 1. The third kappa shape index (κ3) is 3.12. The summed E-state index contributed by atoms with van der Waals surface area (Å²) >= 11 is 0. The van der Waals surface area contributed by atoms with Gasteiger partial charge in [-0.3, -0.25) is 0 Å². The maximum atomic E-state index is 10.9. The van der Waals surface area contributed by atoms with E-state index < -0.39 is 0 Å². The summed E-state index contributed by atoms with van der Waals surface area (Å²) in [6, 6.07) is -0.102. The molecule has 0 fully saturated rings. The monoisotopic (exact) mass is 142 g/mol. The molecule has 0 radical (unpaired) electrons. The van der Waals surface area contributed by atoms with E-state index in [1.54, 1.807) is 18.9 Å². The lowest BCUT2D eigenvalue weighted by atomic mass is 10.5. The molecule has 0 aliphatic heterocycles. The number of rotatable bonds is 2. The summed E-state index contributed by atoms with van der Waals surface area (Å²) in [7, 11) is 1.73. The molecule has 3 nitrogen and oxygen atoms in total. The van der Waals surface area contributed by atoms with Crippen LogP contribution in [0.4, 0.5) is 4.79 Å². The largest absolute Gasteiger partial charge is 0.328 e. The lowest BCUT2D eigenvalue weighted by Crippen LogP contribution is -2.35. The van der Waals surface area contributed by atoms with Crippen LogP contribution in [-0.4, -0.2) is 24.5 Å². The van der Waals surface area contributed by atoms with E-state index in [2.05, 4.69) is 11.9 Å². The first-order valence-electron chi connectivity index (χ1n) is 3.25. The van der Waals surface area contributed by atoms with Gasteiger partial charge < -0.3 is 10.2 Å². The van der Waals surface area contributed by atoms with Gasteiger partial charge in [-0.1, -0.05) is 6.58 Å². The van der Waals surface area contributed by atoms with Crippen molar-refractivity contribution in [3.63, 3.8) is 0 Å². The molecule has 0 aromatic rings. The molecule has 0 rings (SSSR count). The van der Waals surface area contributed by atoms with Gasteiger partial charge in [0.2, 0.25) is 0 Å². The third-order valence-corrected chi connectivity index (χ3v) is 1.14. The lowest BCUT2D eigenvalue weighted by Gasteiger charge is -2.14. The highest BCUT2D eigenvalue weighted by Crippen LogP contribution is 1.85. The van der Waals surface area contributed by atoms with Crippen molar-refractivity contribution in [3.8, 4) is 0 Å². The molecule has 0 atom stereocenters. The van der Waals surface area contributed by atoms with Gasteiger partial charge >= 0.3 is 6.03 Å². The van der Waals surface area contributed by atoms with Crippen LogP contribution in [0.25, 0.3) is 0 Å². The Balaban J connectivity index is 3.73. The van der Waals surface area contributed by atoms with Gasteiger partial charge in [0.25, 0.3) is 0 Å². The van der Waals surface area contributed by atoms with Gasteiger partial charge in [0.05, 0.1) is 0 Å². The fourth-order valence-corrected chi connectivity index (χ4v) is 0.422. The molecule has 58 valence electrons. The molecule has 10 heavy (non-hydrogen) atoms. The molecule has 1 N–H and O–H groups in total. The molecule has 0 aromatic carbocycles. The fourth-order valence-electron chi connectivity index (χ4n) is 0.422. The smallest absolute Gasteiger partial charge is 0.321 e. The highest BCUT2D eigenvalue weighted by Gasteiger charge is 2.03. The average molecular weight is 142 g/mol. The molecule has 0 aliphatic rings. The molecule has 0 aliphatic carbocycles. The molecule has 2 amide bonds. The Bertz CT molecular complexity index is 143. The van der Waals surface area contributed by atoms with Crippen LogP contribution >= 0.6 is 0 Å². The van der Waals surface area contributed by atoms with Crippen LogP contribution in [0.1, 0.15) is 13.8 Å². The summed E-state index contributed by atoms with van der Waals surface area (Å²) in [6.45, 7) is 7.93. The predicted octanol–water partition coefficient (Wildman–Crippen LogP) is 1.18. The Kier molecular flexibility index (Phi) is 3.54. The minimum Gasteiger partial charge on any atom is -0.328 e. The Morgan fingerprint density at radius 3 is 2.50 bits per heavy atom. The highest BCUT2D eigenvalue weighted by molar-refractivity contribution is 5.75. The van der Waals surface area contributed by atoms with Crippen LogP contribution in [0.5, 0.6) is 0 Å². The van der Waals surface area contributed by atoms with Gasteiger partial charge in [0.15, 0.2) is 0 Å². The maximum absolute atomic E-state index is 10.9. The number of amides is 2. The maximum Gasteiger partial charge on any atom is 0.321 e. The lowest BCUT2D eigenvalue weighted by molar-refractivity contribution is 0.214. The van der Waals surface area contributed by atoms with Crippen molar-refractivity contribution in [1.29, 1.82) is 0 Å². The van der Waals surface area contributed by atoms with Crippen LogP contribution in [0, 0.1) is 0 Å². The third-order valence-electron chi connectivity index (χ3n) is 1.14. The van der Waals surface area contributed by atoms with Crippen molar-refractivity contribution >= 4 is 6.03 Å². The molecule has 0 bridgehead atoms. The molecule has 3 heteroatoms. The zero-order valence-electron chi connectivity index (χ0n) is 6.77. The molecule has 0 heterocycles. The average Bonchev–Trinajstić information content (AvgIpc) is 1.85. The molecule has 0 saturated carbocycles. The second-order valence-electron chi connectivity index (χ2n) is 2.22. The Morgan fingerprint density at radius 2 is 2.20 bits per heavy atom. The Morgan fingerprint density at radius 1 is 1.70 bits per heavy atom. The molecule has 0 spiro atoms. The van der Waals surface area contributed by atoms with Crippen molar-refractivity contribution in [3.05, 3.63) is 12.3 Å². The van der Waals surface area contributed by atoms with Crippen molar-refractivity contribution in [1.82, 2.24) is 10.2 Å². The van der Waals surface area contributed by atoms with E-state index in [0.29, 0.717) is 12.2 Å². The van der Waals surface area contributed by atoms with E-state index in [1.807, 2.05) is 6.92 Å². The van der Waals surface area contributed by atoms with E-state index >= 15 is 0 Å². The zero-order chi connectivity index (χ0) is 8.15. The summed E-state index contributed by atoms with van der Waals surface area (Å²) in [4.78, 5) is 12.5. The molecule has 0 unspecified atom stereocenters. The van der Waals surface area contributed by atoms with Crippen molar-refractivity contribution in [2.75, 3.05) is 13.6 Å². The predicted molar refractivity (Wildman–Crippen MR) is 41.6 cm³/mol. The minimum absolute atomic E-state index is 0.102. The SMILES string of the molecule is C=C(C)NC(=O)N(C)CC. The number of nitrogens with zero attached hydrogens (tertiary/aromatic N) is 1. The summed E-state index contributed by atoms with van der Waals surface area (Å²) in [5.41, 5.74) is 0.672. The summed E-state index contributed by atoms with van der Waals surface area (Å²) in [5, 5.41) is 2.59. The van der Waals surface area contributed by atoms with Gasteiger partial charge in [-0.25, -0.2) is 4.79 Å². The molecular weight excluding hydrogens is 128 g/mol. The van der Waals surface area contributed by atoms with Crippen LogP contribution in [-0.2, 0) is 0 Å².